The lowest BCUT2D eigenvalue weighted by Gasteiger charge is -2.30. The number of ether oxygens (including phenoxy) is 1. The SMILES string of the molecule is COc1ccccc1CC(C)NC1CCC(CO)CC1. The molecule has 0 aromatic heterocycles. The van der Waals surface area contributed by atoms with E-state index in [9.17, 15) is 5.11 Å². The highest BCUT2D eigenvalue weighted by atomic mass is 16.5. The van der Waals surface area contributed by atoms with Gasteiger partial charge in [-0.2, -0.15) is 0 Å². The van der Waals surface area contributed by atoms with E-state index in [0.29, 0.717) is 24.6 Å². The first-order chi connectivity index (χ1) is 9.72. The molecule has 0 bridgehead atoms. The maximum atomic E-state index is 9.18. The first-order valence-electron chi connectivity index (χ1n) is 7.71. The number of rotatable bonds is 6. The van der Waals surface area contributed by atoms with E-state index in [1.54, 1.807) is 7.11 Å². The Morgan fingerprint density at radius 2 is 1.95 bits per heavy atom. The van der Waals surface area contributed by atoms with E-state index in [0.717, 1.165) is 25.0 Å². The Kier molecular flexibility index (Phi) is 5.86. The van der Waals surface area contributed by atoms with Gasteiger partial charge < -0.3 is 15.2 Å². The fourth-order valence-electron chi connectivity index (χ4n) is 3.17. The maximum absolute atomic E-state index is 9.18. The Balaban J connectivity index is 1.82. The lowest BCUT2D eigenvalue weighted by Crippen LogP contribution is -2.40. The fourth-order valence-corrected chi connectivity index (χ4v) is 3.17. The van der Waals surface area contributed by atoms with Gasteiger partial charge in [0.1, 0.15) is 5.75 Å². The van der Waals surface area contributed by atoms with Gasteiger partial charge in [0.2, 0.25) is 0 Å². The Labute approximate surface area is 122 Å². The van der Waals surface area contributed by atoms with Crippen molar-refractivity contribution in [2.24, 2.45) is 5.92 Å². The first-order valence-corrected chi connectivity index (χ1v) is 7.71. The van der Waals surface area contributed by atoms with Crippen molar-refractivity contribution in [2.45, 2.75) is 51.1 Å². The molecule has 2 N–H and O–H groups in total. The van der Waals surface area contributed by atoms with E-state index >= 15 is 0 Å². The van der Waals surface area contributed by atoms with Crippen LogP contribution < -0.4 is 10.1 Å². The summed E-state index contributed by atoms with van der Waals surface area (Å²) in [7, 11) is 1.73. The predicted octanol–water partition coefficient (Wildman–Crippen LogP) is 2.77. The number of hydrogen-bond donors (Lipinski definition) is 2. The van der Waals surface area contributed by atoms with Gasteiger partial charge >= 0.3 is 0 Å². The van der Waals surface area contributed by atoms with Gasteiger partial charge in [-0.05, 0) is 56.6 Å². The summed E-state index contributed by atoms with van der Waals surface area (Å²) in [6.45, 7) is 2.59. The fraction of sp³-hybridized carbons (Fsp3) is 0.647. The predicted molar refractivity (Wildman–Crippen MR) is 82.1 cm³/mol. The molecular weight excluding hydrogens is 250 g/mol. The molecule has 0 aliphatic heterocycles. The number of nitrogens with one attached hydrogen (secondary N) is 1. The summed E-state index contributed by atoms with van der Waals surface area (Å²) >= 11 is 0. The van der Waals surface area contributed by atoms with Crippen LogP contribution in [0.5, 0.6) is 5.75 Å². The zero-order valence-corrected chi connectivity index (χ0v) is 12.6. The first kappa shape index (κ1) is 15.3. The van der Waals surface area contributed by atoms with E-state index in [1.165, 1.54) is 18.4 Å². The Morgan fingerprint density at radius 1 is 1.25 bits per heavy atom. The molecule has 1 aromatic carbocycles. The number of methoxy groups -OCH3 is 1. The number of aliphatic hydroxyl groups excluding tert-OH is 1. The average Bonchev–Trinajstić information content (AvgIpc) is 2.48. The zero-order valence-electron chi connectivity index (χ0n) is 12.6. The maximum Gasteiger partial charge on any atom is 0.122 e. The molecule has 1 aliphatic rings. The van der Waals surface area contributed by atoms with Crippen LogP contribution in [0.1, 0.15) is 38.2 Å². The van der Waals surface area contributed by atoms with Crippen LogP contribution in [0.3, 0.4) is 0 Å². The Hall–Kier alpha value is -1.06. The van der Waals surface area contributed by atoms with Gasteiger partial charge in [-0.25, -0.2) is 0 Å². The summed E-state index contributed by atoms with van der Waals surface area (Å²) in [4.78, 5) is 0. The summed E-state index contributed by atoms with van der Waals surface area (Å²) in [5, 5.41) is 12.9. The number of benzene rings is 1. The van der Waals surface area contributed by atoms with Crippen molar-refractivity contribution in [1.82, 2.24) is 5.32 Å². The minimum Gasteiger partial charge on any atom is -0.496 e. The van der Waals surface area contributed by atoms with Crippen molar-refractivity contribution in [2.75, 3.05) is 13.7 Å². The van der Waals surface area contributed by atoms with Gasteiger partial charge in [0.25, 0.3) is 0 Å². The molecule has 2 rings (SSSR count). The Morgan fingerprint density at radius 3 is 2.60 bits per heavy atom. The van der Waals surface area contributed by atoms with E-state index in [2.05, 4.69) is 24.4 Å². The molecule has 0 spiro atoms. The minimum atomic E-state index is 0.351. The average molecular weight is 277 g/mol. The minimum absolute atomic E-state index is 0.351. The molecule has 1 aromatic rings. The third-order valence-electron chi connectivity index (χ3n) is 4.34. The number of hydrogen-bond acceptors (Lipinski definition) is 3. The second-order valence-electron chi connectivity index (χ2n) is 5.98. The highest BCUT2D eigenvalue weighted by Crippen LogP contribution is 2.25. The number of aliphatic hydroxyl groups is 1. The lowest BCUT2D eigenvalue weighted by molar-refractivity contribution is 0.172. The van der Waals surface area contributed by atoms with Gasteiger partial charge in [-0.15, -0.1) is 0 Å². The van der Waals surface area contributed by atoms with Gasteiger partial charge in [0.15, 0.2) is 0 Å². The molecule has 1 unspecified atom stereocenters. The highest BCUT2D eigenvalue weighted by molar-refractivity contribution is 5.33. The van der Waals surface area contributed by atoms with E-state index < -0.39 is 0 Å². The normalized spacial score (nSPS) is 24.4. The van der Waals surface area contributed by atoms with Crippen LogP contribution in [0.2, 0.25) is 0 Å². The Bertz CT molecular complexity index is 400. The third kappa shape index (κ3) is 4.22. The van der Waals surface area contributed by atoms with Gasteiger partial charge in [0, 0.05) is 18.7 Å². The van der Waals surface area contributed by atoms with Crippen LogP contribution >= 0.6 is 0 Å². The van der Waals surface area contributed by atoms with E-state index in [1.807, 2.05) is 12.1 Å². The monoisotopic (exact) mass is 277 g/mol. The van der Waals surface area contributed by atoms with Crippen LogP contribution in [0.4, 0.5) is 0 Å². The molecule has 20 heavy (non-hydrogen) atoms. The molecule has 0 amide bonds. The van der Waals surface area contributed by atoms with Gasteiger partial charge in [-0.3, -0.25) is 0 Å². The largest absolute Gasteiger partial charge is 0.496 e. The summed E-state index contributed by atoms with van der Waals surface area (Å²) in [5.41, 5.74) is 1.26. The van der Waals surface area contributed by atoms with Gasteiger partial charge in [0.05, 0.1) is 7.11 Å². The summed E-state index contributed by atoms with van der Waals surface area (Å²) in [6.07, 6.45) is 5.65. The van der Waals surface area contributed by atoms with Crippen LogP contribution in [0, 0.1) is 5.92 Å². The molecule has 112 valence electrons. The molecule has 3 nitrogen and oxygen atoms in total. The third-order valence-corrected chi connectivity index (χ3v) is 4.34. The molecule has 0 heterocycles. The van der Waals surface area contributed by atoms with Crippen molar-refractivity contribution in [3.8, 4) is 5.75 Å². The van der Waals surface area contributed by atoms with Crippen LogP contribution in [-0.2, 0) is 6.42 Å². The van der Waals surface area contributed by atoms with Crippen LogP contribution in [0.25, 0.3) is 0 Å². The topological polar surface area (TPSA) is 41.5 Å². The van der Waals surface area contributed by atoms with E-state index in [4.69, 9.17) is 4.74 Å². The molecule has 1 aliphatic carbocycles. The van der Waals surface area contributed by atoms with Crippen molar-refractivity contribution in [3.05, 3.63) is 29.8 Å². The molecule has 1 saturated carbocycles. The summed E-state index contributed by atoms with van der Waals surface area (Å²) in [6, 6.07) is 9.28. The quantitative estimate of drug-likeness (QED) is 0.840. The molecule has 1 atom stereocenters. The molecule has 0 saturated heterocycles. The zero-order chi connectivity index (χ0) is 14.4. The van der Waals surface area contributed by atoms with Crippen molar-refractivity contribution in [3.63, 3.8) is 0 Å². The van der Waals surface area contributed by atoms with Crippen LogP contribution in [-0.4, -0.2) is 30.9 Å². The van der Waals surface area contributed by atoms with Gasteiger partial charge in [-0.1, -0.05) is 18.2 Å². The molecular formula is C17H27NO2. The van der Waals surface area contributed by atoms with E-state index in [-0.39, 0.29) is 0 Å². The summed E-state index contributed by atoms with van der Waals surface area (Å²) < 4.78 is 5.41. The second kappa shape index (κ2) is 7.65. The highest BCUT2D eigenvalue weighted by Gasteiger charge is 2.21. The molecule has 0 radical (unpaired) electrons. The standard InChI is InChI=1S/C17H27NO2/c1-13(11-15-5-3-4-6-17(15)20-2)18-16-9-7-14(12-19)8-10-16/h3-6,13-14,16,18-19H,7-12H2,1-2H3. The molecule has 3 heteroatoms. The lowest BCUT2D eigenvalue weighted by atomic mass is 9.86. The van der Waals surface area contributed by atoms with Crippen LogP contribution in [0.15, 0.2) is 24.3 Å². The second-order valence-corrected chi connectivity index (χ2v) is 5.98. The smallest absolute Gasteiger partial charge is 0.122 e. The molecule has 1 fully saturated rings. The van der Waals surface area contributed by atoms with Crippen molar-refractivity contribution in [1.29, 1.82) is 0 Å². The summed E-state index contributed by atoms with van der Waals surface area (Å²) in [5.74, 6) is 1.50. The number of para-hydroxylation sites is 1. The van der Waals surface area contributed by atoms with Crippen molar-refractivity contribution >= 4 is 0 Å². The van der Waals surface area contributed by atoms with Crippen molar-refractivity contribution < 1.29 is 9.84 Å².